The molecule has 5 nitrogen and oxygen atoms in total. The van der Waals surface area contributed by atoms with Gasteiger partial charge in [-0.05, 0) is 32.4 Å². The lowest BCUT2D eigenvalue weighted by atomic mass is 10.2. The summed E-state index contributed by atoms with van der Waals surface area (Å²) in [5.41, 5.74) is 0.623. The molecule has 1 amide bonds. The molecule has 0 atom stereocenters. The zero-order valence-electron chi connectivity index (χ0n) is 11.0. The fourth-order valence-electron chi connectivity index (χ4n) is 1.47. The van der Waals surface area contributed by atoms with Crippen molar-refractivity contribution in [3.05, 3.63) is 23.9 Å². The van der Waals surface area contributed by atoms with Crippen molar-refractivity contribution in [2.75, 3.05) is 31.6 Å². The van der Waals surface area contributed by atoms with Crippen LogP contribution in [0.1, 0.15) is 30.6 Å². The quantitative estimate of drug-likeness (QED) is 0.690. The second kappa shape index (κ2) is 8.47. The second-order valence-electron chi connectivity index (χ2n) is 3.77. The summed E-state index contributed by atoms with van der Waals surface area (Å²) in [7, 11) is 0. The van der Waals surface area contributed by atoms with Gasteiger partial charge < -0.3 is 15.4 Å². The number of hydrogen-bond donors (Lipinski definition) is 2. The third-order valence-corrected chi connectivity index (χ3v) is 2.34. The number of pyridine rings is 1. The number of nitrogens with one attached hydrogen (secondary N) is 2. The minimum Gasteiger partial charge on any atom is -0.382 e. The Hall–Kier alpha value is -1.62. The average Bonchev–Trinajstić information content (AvgIpc) is 2.39. The van der Waals surface area contributed by atoms with E-state index in [1.807, 2.05) is 13.8 Å². The molecule has 0 unspecified atom stereocenters. The van der Waals surface area contributed by atoms with E-state index in [2.05, 4.69) is 15.6 Å². The first-order valence-electron chi connectivity index (χ1n) is 6.33. The van der Waals surface area contributed by atoms with Crippen molar-refractivity contribution in [1.29, 1.82) is 0 Å². The summed E-state index contributed by atoms with van der Waals surface area (Å²) < 4.78 is 5.20. The molecule has 0 aromatic carbocycles. The monoisotopic (exact) mass is 251 g/mol. The van der Waals surface area contributed by atoms with Gasteiger partial charge in [-0.25, -0.2) is 4.98 Å². The first-order valence-corrected chi connectivity index (χ1v) is 6.33. The number of anilines is 1. The second-order valence-corrected chi connectivity index (χ2v) is 3.77. The molecule has 0 fully saturated rings. The van der Waals surface area contributed by atoms with Crippen LogP contribution >= 0.6 is 0 Å². The number of hydrogen-bond acceptors (Lipinski definition) is 4. The van der Waals surface area contributed by atoms with Crippen molar-refractivity contribution in [1.82, 2.24) is 10.3 Å². The molecule has 0 aliphatic carbocycles. The van der Waals surface area contributed by atoms with Gasteiger partial charge in [-0.2, -0.15) is 0 Å². The van der Waals surface area contributed by atoms with E-state index >= 15 is 0 Å². The zero-order chi connectivity index (χ0) is 13.2. The van der Waals surface area contributed by atoms with E-state index in [1.165, 1.54) is 0 Å². The minimum absolute atomic E-state index is 0.0759. The van der Waals surface area contributed by atoms with Gasteiger partial charge in [0.05, 0.1) is 0 Å². The highest BCUT2D eigenvalue weighted by Gasteiger charge is 2.05. The lowest BCUT2D eigenvalue weighted by Crippen LogP contribution is -2.25. The summed E-state index contributed by atoms with van der Waals surface area (Å²) in [5, 5.41) is 5.93. The summed E-state index contributed by atoms with van der Waals surface area (Å²) in [6.07, 6.45) is 2.46. The molecule has 2 N–H and O–H groups in total. The Morgan fingerprint density at radius 1 is 1.44 bits per heavy atom. The van der Waals surface area contributed by atoms with E-state index in [-0.39, 0.29) is 5.91 Å². The number of nitrogens with zero attached hydrogens (tertiary/aromatic N) is 1. The first kappa shape index (κ1) is 14.4. The molecule has 0 aliphatic rings. The van der Waals surface area contributed by atoms with Crippen molar-refractivity contribution >= 4 is 11.7 Å². The molecule has 5 heteroatoms. The Morgan fingerprint density at radius 2 is 2.28 bits per heavy atom. The number of rotatable bonds is 8. The van der Waals surface area contributed by atoms with Crippen LogP contribution in [-0.4, -0.2) is 37.2 Å². The van der Waals surface area contributed by atoms with Gasteiger partial charge in [-0.3, -0.25) is 4.79 Å². The van der Waals surface area contributed by atoms with Crippen LogP contribution in [0.4, 0.5) is 5.82 Å². The van der Waals surface area contributed by atoms with Crippen molar-refractivity contribution < 1.29 is 9.53 Å². The number of amides is 1. The lowest BCUT2D eigenvalue weighted by Gasteiger charge is -2.07. The molecule has 100 valence electrons. The number of ether oxygens (including phenoxy) is 1. The van der Waals surface area contributed by atoms with Crippen LogP contribution in [0, 0.1) is 0 Å². The Kier molecular flexibility index (Phi) is 6.79. The molecule has 0 aliphatic heterocycles. The van der Waals surface area contributed by atoms with E-state index in [9.17, 15) is 4.79 Å². The van der Waals surface area contributed by atoms with Crippen LogP contribution in [-0.2, 0) is 4.74 Å². The maximum absolute atomic E-state index is 11.8. The maximum atomic E-state index is 11.8. The zero-order valence-corrected chi connectivity index (χ0v) is 11.0. The molecule has 18 heavy (non-hydrogen) atoms. The van der Waals surface area contributed by atoms with Crippen molar-refractivity contribution in [2.24, 2.45) is 0 Å². The van der Waals surface area contributed by atoms with Crippen LogP contribution < -0.4 is 10.6 Å². The summed E-state index contributed by atoms with van der Waals surface area (Å²) in [4.78, 5) is 15.9. The number of aromatic nitrogens is 1. The normalized spacial score (nSPS) is 10.1. The molecule has 1 rings (SSSR count). The molecule has 1 aromatic rings. The highest BCUT2D eigenvalue weighted by Crippen LogP contribution is 2.06. The maximum Gasteiger partial charge on any atom is 0.251 e. The fraction of sp³-hybridized carbons (Fsp3) is 0.538. The van der Waals surface area contributed by atoms with Crippen LogP contribution in [0.3, 0.4) is 0 Å². The number of carbonyl (C=O) groups excluding carboxylic acids is 1. The Balaban J connectivity index is 2.38. The van der Waals surface area contributed by atoms with E-state index in [1.54, 1.807) is 18.3 Å². The smallest absolute Gasteiger partial charge is 0.251 e. The number of carbonyl (C=O) groups is 1. The largest absolute Gasteiger partial charge is 0.382 e. The van der Waals surface area contributed by atoms with Gasteiger partial charge >= 0.3 is 0 Å². The molecular formula is C13H21N3O2. The SMILES string of the molecule is CCNc1cc(C(=O)NCCCOCC)ccn1. The summed E-state index contributed by atoms with van der Waals surface area (Å²) in [6, 6.07) is 3.46. The van der Waals surface area contributed by atoms with E-state index in [4.69, 9.17) is 4.74 Å². The molecule has 0 saturated carbocycles. The molecule has 1 heterocycles. The highest BCUT2D eigenvalue weighted by atomic mass is 16.5. The summed E-state index contributed by atoms with van der Waals surface area (Å²) in [6.45, 7) is 6.74. The van der Waals surface area contributed by atoms with Gasteiger partial charge in [0.15, 0.2) is 0 Å². The van der Waals surface area contributed by atoms with Gasteiger partial charge in [-0.1, -0.05) is 0 Å². The molecule has 0 saturated heterocycles. The third-order valence-electron chi connectivity index (χ3n) is 2.34. The summed E-state index contributed by atoms with van der Waals surface area (Å²) >= 11 is 0. The molecule has 0 bridgehead atoms. The lowest BCUT2D eigenvalue weighted by molar-refractivity contribution is 0.0944. The van der Waals surface area contributed by atoms with Gasteiger partial charge in [0.25, 0.3) is 5.91 Å². The van der Waals surface area contributed by atoms with Gasteiger partial charge in [0.1, 0.15) is 5.82 Å². The van der Waals surface area contributed by atoms with Crippen LogP contribution in [0.25, 0.3) is 0 Å². The van der Waals surface area contributed by atoms with E-state index < -0.39 is 0 Å². The van der Waals surface area contributed by atoms with Crippen LogP contribution in [0.15, 0.2) is 18.3 Å². The van der Waals surface area contributed by atoms with Gasteiger partial charge in [-0.15, -0.1) is 0 Å². The van der Waals surface area contributed by atoms with E-state index in [0.29, 0.717) is 25.3 Å². The van der Waals surface area contributed by atoms with Crippen molar-refractivity contribution in [2.45, 2.75) is 20.3 Å². The third kappa shape index (κ3) is 5.14. The highest BCUT2D eigenvalue weighted by molar-refractivity contribution is 5.94. The van der Waals surface area contributed by atoms with Gasteiger partial charge in [0.2, 0.25) is 0 Å². The predicted octanol–water partition coefficient (Wildman–Crippen LogP) is 1.67. The Labute approximate surface area is 108 Å². The Bertz CT molecular complexity index is 369. The molecule has 1 aromatic heterocycles. The molecule has 0 spiro atoms. The standard InChI is InChI=1S/C13H21N3O2/c1-3-14-12-10-11(6-8-15-12)13(17)16-7-5-9-18-4-2/h6,8,10H,3-5,7,9H2,1-2H3,(H,14,15)(H,16,17). The first-order chi connectivity index (χ1) is 8.77. The molecule has 0 radical (unpaired) electrons. The minimum atomic E-state index is -0.0759. The average molecular weight is 251 g/mol. The van der Waals surface area contributed by atoms with Gasteiger partial charge in [0, 0.05) is 38.1 Å². The van der Waals surface area contributed by atoms with Crippen LogP contribution in [0.5, 0.6) is 0 Å². The molecular weight excluding hydrogens is 230 g/mol. The van der Waals surface area contributed by atoms with Crippen molar-refractivity contribution in [3.63, 3.8) is 0 Å². The Morgan fingerprint density at radius 3 is 3.00 bits per heavy atom. The van der Waals surface area contributed by atoms with Crippen molar-refractivity contribution in [3.8, 4) is 0 Å². The predicted molar refractivity (Wildman–Crippen MR) is 71.8 cm³/mol. The summed E-state index contributed by atoms with van der Waals surface area (Å²) in [5.74, 6) is 0.646. The topological polar surface area (TPSA) is 63.2 Å². The fourth-order valence-corrected chi connectivity index (χ4v) is 1.47. The van der Waals surface area contributed by atoms with E-state index in [0.717, 1.165) is 18.8 Å². The van der Waals surface area contributed by atoms with Crippen LogP contribution in [0.2, 0.25) is 0 Å².